The lowest BCUT2D eigenvalue weighted by atomic mass is 10.2. The lowest BCUT2D eigenvalue weighted by Crippen LogP contribution is -2.14. The van der Waals surface area contributed by atoms with Gasteiger partial charge in [-0.15, -0.1) is 0 Å². The average Bonchev–Trinajstić information content (AvgIpc) is 2.57. The van der Waals surface area contributed by atoms with Gasteiger partial charge in [0.2, 0.25) is 0 Å². The van der Waals surface area contributed by atoms with Crippen LogP contribution in [-0.2, 0) is 7.05 Å². The first-order valence-corrected chi connectivity index (χ1v) is 5.93. The van der Waals surface area contributed by atoms with E-state index in [2.05, 4.69) is 15.4 Å². The van der Waals surface area contributed by atoms with Crippen LogP contribution in [0.15, 0.2) is 18.2 Å². The second kappa shape index (κ2) is 4.73. The molecule has 5 nitrogen and oxygen atoms in total. The Kier molecular flexibility index (Phi) is 3.29. The molecule has 0 fully saturated rings. The molecule has 0 radical (unpaired) electrons. The first kappa shape index (κ1) is 12.5. The number of hydrogen-bond donors (Lipinski definition) is 2. The third-order valence-corrected chi connectivity index (χ3v) is 2.77. The minimum atomic E-state index is 0.323. The summed E-state index contributed by atoms with van der Waals surface area (Å²) in [6.07, 6.45) is 0. The summed E-state index contributed by atoms with van der Waals surface area (Å²) in [4.78, 5) is 4.74. The number of nitrogens with one attached hydrogen (secondary N) is 1. The topological polar surface area (TPSA) is 68.8 Å². The van der Waals surface area contributed by atoms with Gasteiger partial charge in [-0.2, -0.15) is 5.10 Å². The smallest absolute Gasteiger partial charge is 0.142 e. The molecule has 0 spiro atoms. The first-order valence-electron chi connectivity index (χ1n) is 5.52. The standard InChI is InChI=1S/C12H15N5S/c1-7-4-5-9(11(13)18)12(14-7)15-10-6-8(2)16-17(10)3/h4-6H,1-3H3,(H2,13,18)(H,14,15). The third kappa shape index (κ3) is 2.48. The Morgan fingerprint density at radius 1 is 1.33 bits per heavy atom. The molecule has 0 bridgehead atoms. The molecule has 18 heavy (non-hydrogen) atoms. The van der Waals surface area contributed by atoms with Gasteiger partial charge in [0.25, 0.3) is 0 Å². The second-order valence-electron chi connectivity index (χ2n) is 4.13. The summed E-state index contributed by atoms with van der Waals surface area (Å²) in [5, 5.41) is 7.47. The third-order valence-electron chi connectivity index (χ3n) is 2.55. The zero-order valence-corrected chi connectivity index (χ0v) is 11.4. The van der Waals surface area contributed by atoms with Crippen LogP contribution in [0.2, 0.25) is 0 Å². The largest absolute Gasteiger partial charge is 0.389 e. The molecule has 0 amide bonds. The Morgan fingerprint density at radius 3 is 2.61 bits per heavy atom. The Balaban J connectivity index is 2.42. The van der Waals surface area contributed by atoms with E-state index in [1.807, 2.05) is 39.1 Å². The van der Waals surface area contributed by atoms with E-state index < -0.39 is 0 Å². The monoisotopic (exact) mass is 261 g/mol. The molecule has 0 aromatic carbocycles. The zero-order valence-electron chi connectivity index (χ0n) is 10.6. The van der Waals surface area contributed by atoms with E-state index in [9.17, 15) is 0 Å². The summed E-state index contributed by atoms with van der Waals surface area (Å²) >= 11 is 5.02. The molecule has 94 valence electrons. The van der Waals surface area contributed by atoms with E-state index in [1.54, 1.807) is 4.68 Å². The average molecular weight is 261 g/mol. The Morgan fingerprint density at radius 2 is 2.06 bits per heavy atom. The lowest BCUT2D eigenvalue weighted by Gasteiger charge is -2.10. The van der Waals surface area contributed by atoms with Crippen molar-refractivity contribution in [3.8, 4) is 0 Å². The number of hydrogen-bond acceptors (Lipinski definition) is 4. The first-order chi connectivity index (χ1) is 8.47. The van der Waals surface area contributed by atoms with Crippen molar-refractivity contribution in [2.75, 3.05) is 5.32 Å². The zero-order chi connectivity index (χ0) is 13.3. The summed E-state index contributed by atoms with van der Waals surface area (Å²) in [7, 11) is 1.87. The maximum atomic E-state index is 5.69. The molecule has 6 heteroatoms. The fourth-order valence-corrected chi connectivity index (χ4v) is 1.86. The van der Waals surface area contributed by atoms with Gasteiger partial charge in [-0.05, 0) is 26.0 Å². The number of anilines is 2. The van der Waals surface area contributed by atoms with E-state index in [1.165, 1.54) is 0 Å². The van der Waals surface area contributed by atoms with E-state index in [0.717, 1.165) is 22.8 Å². The molecule has 2 heterocycles. The van der Waals surface area contributed by atoms with Gasteiger partial charge in [-0.3, -0.25) is 4.68 Å². The molecule has 2 aromatic rings. The molecular formula is C12H15N5S. The highest BCUT2D eigenvalue weighted by Gasteiger charge is 2.10. The maximum absolute atomic E-state index is 5.69. The molecule has 0 unspecified atom stereocenters. The fraction of sp³-hybridized carbons (Fsp3) is 0.250. The van der Waals surface area contributed by atoms with Crippen molar-refractivity contribution in [3.05, 3.63) is 35.2 Å². The summed E-state index contributed by atoms with van der Waals surface area (Å²) in [5.74, 6) is 1.51. The van der Waals surface area contributed by atoms with Crippen LogP contribution in [-0.4, -0.2) is 19.8 Å². The highest BCUT2D eigenvalue weighted by Crippen LogP contribution is 2.19. The van der Waals surface area contributed by atoms with E-state index in [0.29, 0.717) is 10.8 Å². The van der Waals surface area contributed by atoms with Crippen molar-refractivity contribution >= 4 is 28.8 Å². The highest BCUT2D eigenvalue weighted by molar-refractivity contribution is 7.80. The van der Waals surface area contributed by atoms with Crippen molar-refractivity contribution in [3.63, 3.8) is 0 Å². The predicted molar refractivity (Wildman–Crippen MR) is 76.1 cm³/mol. The molecule has 2 rings (SSSR count). The van der Waals surface area contributed by atoms with Crippen LogP contribution in [0.3, 0.4) is 0 Å². The van der Waals surface area contributed by atoms with Crippen molar-refractivity contribution in [2.24, 2.45) is 12.8 Å². The molecule has 3 N–H and O–H groups in total. The van der Waals surface area contributed by atoms with Crippen molar-refractivity contribution in [2.45, 2.75) is 13.8 Å². The minimum Gasteiger partial charge on any atom is -0.389 e. The van der Waals surface area contributed by atoms with E-state index in [4.69, 9.17) is 18.0 Å². The molecule has 0 saturated carbocycles. The lowest BCUT2D eigenvalue weighted by molar-refractivity contribution is 0.764. The number of nitrogens with two attached hydrogens (primary N) is 1. The predicted octanol–water partition coefficient (Wildman–Crippen LogP) is 1.81. The SMILES string of the molecule is Cc1ccc(C(N)=S)c(Nc2cc(C)nn2C)n1. The summed E-state index contributed by atoms with van der Waals surface area (Å²) < 4.78 is 1.75. The van der Waals surface area contributed by atoms with E-state index in [-0.39, 0.29) is 0 Å². The van der Waals surface area contributed by atoms with Crippen LogP contribution in [0.25, 0.3) is 0 Å². The van der Waals surface area contributed by atoms with Crippen LogP contribution in [0, 0.1) is 13.8 Å². The van der Waals surface area contributed by atoms with Gasteiger partial charge in [-0.1, -0.05) is 12.2 Å². The summed E-state index contributed by atoms with van der Waals surface area (Å²) in [6.45, 7) is 3.85. The quantitative estimate of drug-likeness (QED) is 0.825. The van der Waals surface area contributed by atoms with E-state index >= 15 is 0 Å². The van der Waals surface area contributed by atoms with Gasteiger partial charge in [0.1, 0.15) is 16.6 Å². The van der Waals surface area contributed by atoms with Gasteiger partial charge in [-0.25, -0.2) is 4.98 Å². The maximum Gasteiger partial charge on any atom is 0.142 e. The second-order valence-corrected chi connectivity index (χ2v) is 4.57. The molecule has 2 aromatic heterocycles. The van der Waals surface area contributed by atoms with Crippen LogP contribution >= 0.6 is 12.2 Å². The van der Waals surface area contributed by atoms with Gasteiger partial charge in [0.15, 0.2) is 0 Å². The number of aryl methyl sites for hydroxylation is 3. The minimum absolute atomic E-state index is 0.323. The van der Waals surface area contributed by atoms with Gasteiger partial charge < -0.3 is 11.1 Å². The van der Waals surface area contributed by atoms with Crippen LogP contribution in [0.4, 0.5) is 11.6 Å². The number of pyridine rings is 1. The summed E-state index contributed by atoms with van der Waals surface area (Å²) in [6, 6.07) is 5.69. The Bertz CT molecular complexity index is 603. The normalized spacial score (nSPS) is 10.4. The van der Waals surface area contributed by atoms with Crippen molar-refractivity contribution in [1.29, 1.82) is 0 Å². The number of rotatable bonds is 3. The Labute approximate surface area is 111 Å². The molecule has 0 atom stereocenters. The molecular weight excluding hydrogens is 246 g/mol. The molecule has 0 aliphatic rings. The van der Waals surface area contributed by atoms with Crippen LogP contribution < -0.4 is 11.1 Å². The van der Waals surface area contributed by atoms with Crippen molar-refractivity contribution < 1.29 is 0 Å². The summed E-state index contributed by atoms with van der Waals surface area (Å²) in [5.41, 5.74) is 8.26. The molecule has 0 saturated heterocycles. The number of thiocarbonyl (C=S) groups is 1. The Hall–Kier alpha value is -1.95. The van der Waals surface area contributed by atoms with Crippen molar-refractivity contribution in [1.82, 2.24) is 14.8 Å². The van der Waals surface area contributed by atoms with Crippen LogP contribution in [0.5, 0.6) is 0 Å². The van der Waals surface area contributed by atoms with Gasteiger partial charge >= 0.3 is 0 Å². The highest BCUT2D eigenvalue weighted by atomic mass is 32.1. The van der Waals surface area contributed by atoms with Gasteiger partial charge in [0.05, 0.1) is 11.3 Å². The number of nitrogens with zero attached hydrogens (tertiary/aromatic N) is 3. The van der Waals surface area contributed by atoms with Gasteiger partial charge in [0, 0.05) is 18.8 Å². The number of aromatic nitrogens is 3. The fourth-order valence-electron chi connectivity index (χ4n) is 1.70. The molecule has 0 aliphatic heterocycles. The molecule has 0 aliphatic carbocycles. The van der Waals surface area contributed by atoms with Crippen LogP contribution in [0.1, 0.15) is 17.0 Å².